The van der Waals surface area contributed by atoms with Gasteiger partial charge in [-0.05, 0) is 43.5 Å². The molecular weight excluding hydrogens is 282 g/mol. The van der Waals surface area contributed by atoms with E-state index in [2.05, 4.69) is 86.7 Å². The highest BCUT2D eigenvalue weighted by molar-refractivity contribution is 5.80. The van der Waals surface area contributed by atoms with Gasteiger partial charge in [0.05, 0.1) is 11.0 Å². The van der Waals surface area contributed by atoms with Crippen molar-refractivity contribution in [1.82, 2.24) is 9.55 Å². The molecule has 1 aromatic heterocycles. The van der Waals surface area contributed by atoms with Gasteiger partial charge in [0.2, 0.25) is 5.95 Å². The average molecular weight is 307 g/mol. The zero-order valence-electron chi connectivity index (χ0n) is 14.6. The summed E-state index contributed by atoms with van der Waals surface area (Å²) >= 11 is 0. The monoisotopic (exact) mass is 307 g/mol. The zero-order valence-corrected chi connectivity index (χ0v) is 14.6. The van der Waals surface area contributed by atoms with Crippen molar-refractivity contribution in [3.05, 3.63) is 54.1 Å². The van der Waals surface area contributed by atoms with E-state index in [1.165, 1.54) is 16.8 Å². The Morgan fingerprint density at radius 2 is 1.57 bits per heavy atom. The van der Waals surface area contributed by atoms with Crippen LogP contribution in [0.15, 0.2) is 48.5 Å². The summed E-state index contributed by atoms with van der Waals surface area (Å²) in [6, 6.07) is 17.3. The Kier molecular flexibility index (Phi) is 4.12. The third-order valence-corrected chi connectivity index (χ3v) is 4.31. The van der Waals surface area contributed by atoms with Crippen LogP contribution in [0.3, 0.4) is 0 Å². The summed E-state index contributed by atoms with van der Waals surface area (Å²) in [5.41, 5.74) is 4.80. The third-order valence-electron chi connectivity index (χ3n) is 4.31. The summed E-state index contributed by atoms with van der Waals surface area (Å²) in [5, 5.41) is 0. The summed E-state index contributed by atoms with van der Waals surface area (Å²) < 4.78 is 2.31. The van der Waals surface area contributed by atoms with Gasteiger partial charge in [-0.2, -0.15) is 0 Å². The molecule has 120 valence electrons. The van der Waals surface area contributed by atoms with Crippen LogP contribution in [0.4, 0.5) is 11.6 Å². The van der Waals surface area contributed by atoms with E-state index in [4.69, 9.17) is 4.98 Å². The molecule has 3 heteroatoms. The Hall–Kier alpha value is -2.29. The summed E-state index contributed by atoms with van der Waals surface area (Å²) in [6.07, 6.45) is 0. The van der Waals surface area contributed by atoms with Crippen molar-refractivity contribution in [2.75, 3.05) is 11.9 Å². The molecule has 2 aromatic carbocycles. The standard InChI is InChI=1S/C20H25N3/c1-14(2)16-10-6-8-12-18(16)22(5)20-21-17-11-7-9-13-19(17)23(20)15(3)4/h6-15H,1-5H3. The highest BCUT2D eigenvalue weighted by Crippen LogP contribution is 2.34. The second-order valence-electron chi connectivity index (χ2n) is 6.64. The molecule has 0 spiro atoms. The number of rotatable bonds is 4. The van der Waals surface area contributed by atoms with Crippen molar-refractivity contribution in [1.29, 1.82) is 0 Å². The second-order valence-corrected chi connectivity index (χ2v) is 6.64. The van der Waals surface area contributed by atoms with Gasteiger partial charge in [0.25, 0.3) is 0 Å². The van der Waals surface area contributed by atoms with Crippen molar-refractivity contribution in [3.63, 3.8) is 0 Å². The lowest BCUT2D eigenvalue weighted by Gasteiger charge is -2.25. The molecular formula is C20H25N3. The molecule has 1 heterocycles. The zero-order chi connectivity index (χ0) is 16.6. The Labute approximate surface area is 138 Å². The van der Waals surface area contributed by atoms with Crippen LogP contribution in [0.5, 0.6) is 0 Å². The first-order valence-corrected chi connectivity index (χ1v) is 8.30. The van der Waals surface area contributed by atoms with Crippen molar-refractivity contribution < 1.29 is 0 Å². The van der Waals surface area contributed by atoms with Crippen LogP contribution in [0.2, 0.25) is 0 Å². The lowest BCUT2D eigenvalue weighted by Crippen LogP contribution is -2.18. The molecule has 23 heavy (non-hydrogen) atoms. The molecule has 0 bridgehead atoms. The van der Waals surface area contributed by atoms with Crippen LogP contribution in [0.25, 0.3) is 11.0 Å². The van der Waals surface area contributed by atoms with E-state index in [-0.39, 0.29) is 0 Å². The normalized spacial score (nSPS) is 11.6. The van der Waals surface area contributed by atoms with Gasteiger partial charge >= 0.3 is 0 Å². The average Bonchev–Trinajstić information content (AvgIpc) is 2.93. The van der Waals surface area contributed by atoms with E-state index in [1.807, 2.05) is 6.07 Å². The minimum atomic E-state index is 0.353. The summed E-state index contributed by atoms with van der Waals surface area (Å²) in [5.74, 6) is 1.47. The Morgan fingerprint density at radius 1 is 0.913 bits per heavy atom. The smallest absolute Gasteiger partial charge is 0.211 e. The van der Waals surface area contributed by atoms with Crippen LogP contribution in [-0.2, 0) is 0 Å². The van der Waals surface area contributed by atoms with E-state index in [0.717, 1.165) is 11.5 Å². The quantitative estimate of drug-likeness (QED) is 0.634. The summed E-state index contributed by atoms with van der Waals surface area (Å²) in [6.45, 7) is 8.88. The summed E-state index contributed by atoms with van der Waals surface area (Å²) in [4.78, 5) is 7.12. The number of benzene rings is 2. The van der Waals surface area contributed by atoms with Crippen molar-refractivity contribution >= 4 is 22.7 Å². The molecule has 0 radical (unpaired) electrons. The number of nitrogens with zero attached hydrogens (tertiary/aromatic N) is 3. The number of aromatic nitrogens is 2. The van der Waals surface area contributed by atoms with Crippen molar-refractivity contribution in [2.24, 2.45) is 0 Å². The third kappa shape index (κ3) is 2.72. The second kappa shape index (κ2) is 6.07. The predicted molar refractivity (Wildman–Crippen MR) is 98.7 cm³/mol. The molecule has 3 rings (SSSR count). The maximum absolute atomic E-state index is 4.90. The lowest BCUT2D eigenvalue weighted by molar-refractivity contribution is 0.617. The van der Waals surface area contributed by atoms with Gasteiger partial charge in [0.15, 0.2) is 0 Å². The maximum Gasteiger partial charge on any atom is 0.211 e. The minimum Gasteiger partial charge on any atom is -0.315 e. The SMILES string of the molecule is CC(C)c1ccccc1N(C)c1nc2ccccc2n1C(C)C. The molecule has 0 N–H and O–H groups in total. The first-order chi connectivity index (χ1) is 11.0. The van der Waals surface area contributed by atoms with E-state index < -0.39 is 0 Å². The molecule has 0 aliphatic carbocycles. The first-order valence-electron chi connectivity index (χ1n) is 8.30. The fraction of sp³-hybridized carbons (Fsp3) is 0.350. The van der Waals surface area contributed by atoms with Gasteiger partial charge in [-0.25, -0.2) is 4.98 Å². The number of imidazole rings is 1. The molecule has 0 amide bonds. The van der Waals surface area contributed by atoms with Crippen LogP contribution in [0, 0.1) is 0 Å². The molecule has 0 atom stereocenters. The van der Waals surface area contributed by atoms with E-state index in [0.29, 0.717) is 12.0 Å². The Balaban J connectivity index is 2.19. The Morgan fingerprint density at radius 3 is 2.26 bits per heavy atom. The molecule has 3 nitrogen and oxygen atoms in total. The fourth-order valence-corrected chi connectivity index (χ4v) is 3.17. The molecule has 0 fully saturated rings. The number of anilines is 2. The molecule has 0 unspecified atom stereocenters. The van der Waals surface area contributed by atoms with Crippen LogP contribution in [-0.4, -0.2) is 16.6 Å². The fourth-order valence-electron chi connectivity index (χ4n) is 3.17. The maximum atomic E-state index is 4.90. The number of para-hydroxylation sites is 3. The van der Waals surface area contributed by atoms with E-state index in [1.54, 1.807) is 0 Å². The van der Waals surface area contributed by atoms with E-state index >= 15 is 0 Å². The Bertz CT molecular complexity index is 815. The highest BCUT2D eigenvalue weighted by atomic mass is 15.3. The van der Waals surface area contributed by atoms with Crippen LogP contribution in [0.1, 0.15) is 45.2 Å². The number of hydrogen-bond donors (Lipinski definition) is 0. The van der Waals surface area contributed by atoms with Gasteiger partial charge in [-0.15, -0.1) is 0 Å². The number of fused-ring (bicyclic) bond motifs is 1. The first kappa shape index (κ1) is 15.6. The van der Waals surface area contributed by atoms with Gasteiger partial charge in [0.1, 0.15) is 0 Å². The molecule has 3 aromatic rings. The van der Waals surface area contributed by atoms with Crippen molar-refractivity contribution in [3.8, 4) is 0 Å². The van der Waals surface area contributed by atoms with Gasteiger partial charge in [0, 0.05) is 18.8 Å². The highest BCUT2D eigenvalue weighted by Gasteiger charge is 2.19. The number of hydrogen-bond acceptors (Lipinski definition) is 2. The largest absolute Gasteiger partial charge is 0.315 e. The van der Waals surface area contributed by atoms with Crippen LogP contribution < -0.4 is 4.90 Å². The molecule has 0 aliphatic rings. The van der Waals surface area contributed by atoms with E-state index in [9.17, 15) is 0 Å². The summed E-state index contributed by atoms with van der Waals surface area (Å²) in [7, 11) is 2.11. The van der Waals surface area contributed by atoms with Gasteiger partial charge in [-0.3, -0.25) is 0 Å². The topological polar surface area (TPSA) is 21.1 Å². The van der Waals surface area contributed by atoms with Crippen LogP contribution >= 0.6 is 0 Å². The minimum absolute atomic E-state index is 0.353. The molecule has 0 saturated carbocycles. The van der Waals surface area contributed by atoms with Crippen molar-refractivity contribution in [2.45, 2.75) is 39.7 Å². The lowest BCUT2D eigenvalue weighted by atomic mass is 10.0. The van der Waals surface area contributed by atoms with Gasteiger partial charge in [-0.1, -0.05) is 44.2 Å². The van der Waals surface area contributed by atoms with Gasteiger partial charge < -0.3 is 9.47 Å². The predicted octanol–water partition coefficient (Wildman–Crippen LogP) is 5.51. The molecule has 0 saturated heterocycles. The molecule has 0 aliphatic heterocycles.